The van der Waals surface area contributed by atoms with Crippen LogP contribution < -0.4 is 5.73 Å². The fourth-order valence-electron chi connectivity index (χ4n) is 0.915. The molecule has 0 radical (unpaired) electrons. The number of benzene rings is 1. The minimum absolute atomic E-state index is 0.169. The smallest absolute Gasteiger partial charge is 0.364 e. The van der Waals surface area contributed by atoms with E-state index in [1.165, 1.54) is 0 Å². The fraction of sp³-hybridized carbons (Fsp3) is 0.538. The number of nitrogen functional groups attached to an aromatic ring is 1. The predicted octanol–water partition coefficient (Wildman–Crippen LogP) is 4.20. The summed E-state index contributed by atoms with van der Waals surface area (Å²) in [5, 5.41) is 8.70. The maximum atomic E-state index is 12.5. The van der Waals surface area contributed by atoms with Crippen molar-refractivity contribution in [3.05, 3.63) is 24.3 Å². The third-order valence-electron chi connectivity index (χ3n) is 2.46. The molecule has 0 saturated heterocycles. The lowest BCUT2D eigenvalue weighted by atomic mass is 9.91. The van der Waals surface area contributed by atoms with Crippen molar-refractivity contribution in [2.45, 2.75) is 33.8 Å². The number of phenolic OH excluding ortho intramolecular Hbond substituents is 1. The highest BCUT2D eigenvalue weighted by atomic mass is 31.2. The van der Waals surface area contributed by atoms with Crippen LogP contribution in [0.15, 0.2) is 24.3 Å². The molecule has 2 unspecified atom stereocenters. The van der Waals surface area contributed by atoms with Crippen molar-refractivity contribution in [3.63, 3.8) is 0 Å². The lowest BCUT2D eigenvalue weighted by Crippen LogP contribution is -2.24. The Morgan fingerprint density at radius 2 is 1.74 bits per heavy atom. The van der Waals surface area contributed by atoms with E-state index in [1.807, 2.05) is 20.8 Å². The van der Waals surface area contributed by atoms with E-state index in [9.17, 15) is 8.76 Å². The second kappa shape index (κ2) is 6.92. The van der Waals surface area contributed by atoms with Crippen LogP contribution in [0.4, 0.5) is 9.88 Å². The average molecular weight is 291 g/mol. The maximum absolute atomic E-state index is 12.5. The van der Waals surface area contributed by atoms with Gasteiger partial charge < -0.3 is 15.4 Å². The summed E-state index contributed by atoms with van der Waals surface area (Å²) in [5.74, 6) is 0.249. The van der Waals surface area contributed by atoms with Gasteiger partial charge in [0.2, 0.25) is 0 Å². The van der Waals surface area contributed by atoms with Gasteiger partial charge in [-0.05, 0) is 36.6 Å². The van der Waals surface area contributed by atoms with E-state index in [2.05, 4.69) is 0 Å². The van der Waals surface area contributed by atoms with Gasteiger partial charge in [-0.2, -0.15) is 4.20 Å². The molecule has 6 heteroatoms. The molecule has 0 fully saturated rings. The molecule has 0 aliphatic carbocycles. The van der Waals surface area contributed by atoms with Crippen molar-refractivity contribution < 1.29 is 18.4 Å². The molecule has 1 aromatic carbocycles. The van der Waals surface area contributed by atoms with Crippen LogP contribution >= 0.6 is 7.68 Å². The Hall–Kier alpha value is -1.06. The predicted molar refractivity (Wildman–Crippen MR) is 77.2 cm³/mol. The topological polar surface area (TPSA) is 72.5 Å². The monoisotopic (exact) mass is 291 g/mol. The highest BCUT2D eigenvalue weighted by Gasteiger charge is 2.27. The lowest BCUT2D eigenvalue weighted by molar-refractivity contribution is 0.0989. The van der Waals surface area contributed by atoms with Gasteiger partial charge in [0.1, 0.15) is 5.75 Å². The first kappa shape index (κ1) is 17.9. The molecule has 2 atom stereocenters. The number of aromatic hydroxyl groups is 1. The Morgan fingerprint density at radius 3 is 1.95 bits per heavy atom. The Bertz CT molecular complexity index is 402. The molecule has 4 nitrogen and oxygen atoms in total. The number of halogens is 1. The summed E-state index contributed by atoms with van der Waals surface area (Å²) in [4.78, 5) is 0. The minimum atomic E-state index is -3.82. The van der Waals surface area contributed by atoms with Crippen LogP contribution in [-0.2, 0) is 9.09 Å². The van der Waals surface area contributed by atoms with E-state index < -0.39 is 7.68 Å². The molecule has 0 amide bonds. The first-order valence-electron chi connectivity index (χ1n) is 5.92. The molecule has 0 aliphatic rings. The van der Waals surface area contributed by atoms with Crippen molar-refractivity contribution in [1.29, 1.82) is 0 Å². The Labute approximate surface area is 114 Å². The number of phenols is 1. The van der Waals surface area contributed by atoms with Crippen LogP contribution in [0.1, 0.15) is 27.7 Å². The number of hydrogen-bond acceptors (Lipinski definition) is 4. The standard InChI is InChI=1S/C7H16FO2P.C6H7NO/c1-6(7(2,3)4)10-11(5,8)9;7-5-1-3-6(8)4-2-5/h6H,1-5H3;1-4,8H,7H2. The second-order valence-electron chi connectivity index (χ2n) is 5.45. The number of nitrogens with two attached hydrogens (primary N) is 1. The van der Waals surface area contributed by atoms with Gasteiger partial charge >= 0.3 is 7.68 Å². The molecular weight excluding hydrogens is 268 g/mol. The molecule has 1 rings (SSSR count). The SMILES string of the molecule is CC(OP(C)(=O)F)C(C)(C)C.Nc1ccc(O)cc1. The number of anilines is 1. The van der Waals surface area contributed by atoms with Crippen LogP contribution in [0.25, 0.3) is 0 Å². The Balaban J connectivity index is 0.000000356. The minimum Gasteiger partial charge on any atom is -0.508 e. The van der Waals surface area contributed by atoms with Crippen LogP contribution in [0.5, 0.6) is 5.75 Å². The van der Waals surface area contributed by atoms with Crippen molar-refractivity contribution in [2.24, 2.45) is 5.41 Å². The van der Waals surface area contributed by atoms with Gasteiger partial charge in [0.15, 0.2) is 0 Å². The summed E-state index contributed by atoms with van der Waals surface area (Å²) in [6, 6.07) is 6.40. The zero-order valence-corrected chi connectivity index (χ0v) is 12.9. The second-order valence-corrected chi connectivity index (χ2v) is 7.16. The van der Waals surface area contributed by atoms with Gasteiger partial charge in [-0.15, -0.1) is 0 Å². The van der Waals surface area contributed by atoms with E-state index in [0.29, 0.717) is 5.69 Å². The molecule has 3 N–H and O–H groups in total. The third kappa shape index (κ3) is 9.51. The molecule has 0 bridgehead atoms. The van der Waals surface area contributed by atoms with E-state index in [0.717, 1.165) is 6.66 Å². The van der Waals surface area contributed by atoms with E-state index in [-0.39, 0.29) is 17.3 Å². The summed E-state index contributed by atoms with van der Waals surface area (Å²) >= 11 is 0. The summed E-state index contributed by atoms with van der Waals surface area (Å²) in [6.07, 6.45) is -0.330. The molecular formula is C13H23FNO3P. The Morgan fingerprint density at radius 1 is 1.32 bits per heavy atom. The van der Waals surface area contributed by atoms with Gasteiger partial charge in [0, 0.05) is 12.4 Å². The summed E-state index contributed by atoms with van der Waals surface area (Å²) in [5.41, 5.74) is 5.82. The quantitative estimate of drug-likeness (QED) is 0.486. The number of hydrogen-bond donors (Lipinski definition) is 2. The van der Waals surface area contributed by atoms with Gasteiger partial charge in [-0.1, -0.05) is 20.8 Å². The zero-order valence-electron chi connectivity index (χ0n) is 12.1. The third-order valence-corrected chi connectivity index (χ3v) is 3.15. The summed E-state index contributed by atoms with van der Waals surface area (Å²) in [7, 11) is -3.82. The maximum Gasteiger partial charge on any atom is 0.364 e. The van der Waals surface area contributed by atoms with E-state index in [1.54, 1.807) is 31.2 Å². The largest absolute Gasteiger partial charge is 0.508 e. The van der Waals surface area contributed by atoms with Crippen LogP contribution in [0.3, 0.4) is 0 Å². The van der Waals surface area contributed by atoms with Gasteiger partial charge in [-0.3, -0.25) is 4.57 Å². The summed E-state index contributed by atoms with van der Waals surface area (Å²) < 4.78 is 27.8. The van der Waals surface area contributed by atoms with E-state index >= 15 is 0 Å². The van der Waals surface area contributed by atoms with Crippen molar-refractivity contribution in [2.75, 3.05) is 12.4 Å². The normalized spacial score (nSPS) is 15.9. The highest BCUT2D eigenvalue weighted by Crippen LogP contribution is 2.47. The molecule has 0 saturated carbocycles. The van der Waals surface area contributed by atoms with Crippen molar-refractivity contribution in [1.82, 2.24) is 0 Å². The van der Waals surface area contributed by atoms with E-state index in [4.69, 9.17) is 15.4 Å². The molecule has 19 heavy (non-hydrogen) atoms. The van der Waals surface area contributed by atoms with Crippen molar-refractivity contribution in [3.8, 4) is 5.75 Å². The van der Waals surface area contributed by atoms with Crippen LogP contribution in [0, 0.1) is 5.41 Å². The molecule has 1 aromatic rings. The highest BCUT2D eigenvalue weighted by molar-refractivity contribution is 7.52. The molecule has 0 aromatic heterocycles. The molecule has 0 heterocycles. The zero-order chi connectivity index (χ0) is 15.3. The molecule has 0 spiro atoms. The fourth-order valence-corrected chi connectivity index (χ4v) is 1.80. The van der Waals surface area contributed by atoms with Gasteiger partial charge in [0.25, 0.3) is 0 Å². The average Bonchev–Trinajstić information content (AvgIpc) is 2.19. The van der Waals surface area contributed by atoms with Crippen molar-refractivity contribution >= 4 is 13.4 Å². The lowest BCUT2D eigenvalue weighted by Gasteiger charge is -2.27. The number of rotatable bonds is 2. The first-order chi connectivity index (χ1) is 8.42. The Kier molecular flexibility index (Phi) is 6.53. The van der Waals surface area contributed by atoms with Crippen LogP contribution in [-0.4, -0.2) is 17.9 Å². The van der Waals surface area contributed by atoms with Gasteiger partial charge in [-0.25, -0.2) is 0 Å². The molecule has 0 aliphatic heterocycles. The molecule has 110 valence electrons. The summed E-state index contributed by atoms with van der Waals surface area (Å²) in [6.45, 7) is 8.43. The first-order valence-corrected chi connectivity index (χ1v) is 7.88. The van der Waals surface area contributed by atoms with Gasteiger partial charge in [0.05, 0.1) is 6.10 Å². The van der Waals surface area contributed by atoms with Crippen LogP contribution in [0.2, 0.25) is 0 Å².